The lowest BCUT2D eigenvalue weighted by atomic mass is 10.0. The molecule has 1 unspecified atom stereocenters. The summed E-state index contributed by atoms with van der Waals surface area (Å²) < 4.78 is 0. The van der Waals surface area contributed by atoms with Crippen molar-refractivity contribution in [2.45, 2.75) is 26.8 Å². The van der Waals surface area contributed by atoms with Gasteiger partial charge in [0.1, 0.15) is 6.04 Å². The number of aryl methyl sites for hydroxylation is 2. The van der Waals surface area contributed by atoms with Gasteiger partial charge >= 0.3 is 0 Å². The van der Waals surface area contributed by atoms with Crippen molar-refractivity contribution >= 4 is 17.7 Å². The van der Waals surface area contributed by atoms with Crippen LogP contribution in [0.1, 0.15) is 28.3 Å². The van der Waals surface area contributed by atoms with Crippen molar-refractivity contribution in [3.63, 3.8) is 0 Å². The van der Waals surface area contributed by atoms with E-state index in [9.17, 15) is 0 Å². The molecule has 0 radical (unpaired) electrons. The monoisotopic (exact) mass is 220 g/mol. The van der Waals surface area contributed by atoms with Gasteiger partial charge in [-0.3, -0.25) is 4.99 Å². The highest BCUT2D eigenvalue weighted by Crippen LogP contribution is 2.34. The fourth-order valence-corrected chi connectivity index (χ4v) is 2.92. The Morgan fingerprint density at radius 3 is 2.60 bits per heavy atom. The van der Waals surface area contributed by atoms with Crippen molar-refractivity contribution in [1.29, 1.82) is 0 Å². The van der Waals surface area contributed by atoms with Crippen molar-refractivity contribution in [3.05, 3.63) is 33.2 Å². The summed E-state index contributed by atoms with van der Waals surface area (Å²) in [5.41, 5.74) is 2.66. The van der Waals surface area contributed by atoms with Gasteiger partial charge in [-0.1, -0.05) is 0 Å². The number of thiophene rings is 1. The summed E-state index contributed by atoms with van der Waals surface area (Å²) in [5.74, 6) is 0. The Morgan fingerprint density at radius 1 is 1.33 bits per heavy atom. The highest BCUT2D eigenvalue weighted by atomic mass is 32.1. The fourth-order valence-electron chi connectivity index (χ4n) is 1.96. The van der Waals surface area contributed by atoms with Crippen LogP contribution in [-0.4, -0.2) is 18.3 Å². The van der Waals surface area contributed by atoms with Gasteiger partial charge in [0.25, 0.3) is 0 Å². The van der Waals surface area contributed by atoms with Crippen LogP contribution in [0.25, 0.3) is 0 Å². The Labute approximate surface area is 95.0 Å². The Kier molecular flexibility index (Phi) is 2.65. The molecule has 0 aromatic carbocycles. The van der Waals surface area contributed by atoms with Gasteiger partial charge in [-0.15, -0.1) is 11.3 Å². The lowest BCUT2D eigenvalue weighted by Gasteiger charge is -2.21. The second kappa shape index (κ2) is 3.81. The Morgan fingerprint density at radius 2 is 2.07 bits per heavy atom. The van der Waals surface area contributed by atoms with Crippen LogP contribution in [-0.2, 0) is 0 Å². The first-order valence-corrected chi connectivity index (χ1v) is 5.90. The van der Waals surface area contributed by atoms with Crippen molar-refractivity contribution < 1.29 is 0 Å². The quantitative estimate of drug-likeness (QED) is 0.709. The summed E-state index contributed by atoms with van der Waals surface area (Å²) in [4.78, 5) is 9.32. The number of hydrogen-bond donors (Lipinski definition) is 0. The third kappa shape index (κ3) is 1.97. The van der Waals surface area contributed by atoms with Crippen molar-refractivity contribution in [1.82, 2.24) is 4.90 Å². The van der Waals surface area contributed by atoms with E-state index in [0.29, 0.717) is 0 Å². The average molecular weight is 220 g/mol. The molecule has 0 aliphatic carbocycles. The smallest absolute Gasteiger partial charge is 0.100 e. The molecule has 0 fully saturated rings. The minimum absolute atomic E-state index is 0.228. The van der Waals surface area contributed by atoms with Crippen molar-refractivity contribution in [2.24, 2.45) is 4.99 Å². The molecule has 0 saturated carbocycles. The third-order valence-corrected chi connectivity index (χ3v) is 3.59. The highest BCUT2D eigenvalue weighted by Gasteiger charge is 2.18. The van der Waals surface area contributed by atoms with Crippen LogP contribution < -0.4 is 0 Å². The minimum atomic E-state index is 0.228. The van der Waals surface area contributed by atoms with Crippen LogP contribution in [0, 0.1) is 13.8 Å². The van der Waals surface area contributed by atoms with Crippen LogP contribution in [0.2, 0.25) is 0 Å². The van der Waals surface area contributed by atoms with E-state index in [-0.39, 0.29) is 6.04 Å². The maximum Gasteiger partial charge on any atom is 0.100 e. The Balaban J connectivity index is 2.36. The number of rotatable bonds is 1. The molecule has 0 saturated heterocycles. The predicted octanol–water partition coefficient (Wildman–Crippen LogP) is 3.28. The maximum absolute atomic E-state index is 4.58. The molecule has 2 rings (SSSR count). The van der Waals surface area contributed by atoms with Crippen LogP contribution in [0.3, 0.4) is 0 Å². The second-order valence-corrected chi connectivity index (χ2v) is 5.53. The van der Waals surface area contributed by atoms with Gasteiger partial charge < -0.3 is 4.90 Å². The van der Waals surface area contributed by atoms with E-state index in [1.807, 2.05) is 29.6 Å². The van der Waals surface area contributed by atoms with E-state index >= 15 is 0 Å². The minimum Gasteiger partial charge on any atom is -0.342 e. The zero-order chi connectivity index (χ0) is 11.0. The predicted molar refractivity (Wildman–Crippen MR) is 66.5 cm³/mol. The van der Waals surface area contributed by atoms with Gasteiger partial charge in [-0.05, 0) is 38.0 Å². The molecule has 2 heterocycles. The maximum atomic E-state index is 4.58. The zero-order valence-corrected chi connectivity index (χ0v) is 10.4. The normalized spacial score (nSPS) is 20.7. The number of nitrogens with zero attached hydrogens (tertiary/aromatic N) is 2. The molecule has 1 aromatic rings. The number of aliphatic imine (C=N–C) groups is 1. The molecule has 0 spiro atoms. The molecule has 0 amide bonds. The molecular formula is C12H16N2S. The third-order valence-electron chi connectivity index (χ3n) is 2.61. The van der Waals surface area contributed by atoms with Crippen LogP contribution in [0.4, 0.5) is 0 Å². The molecule has 1 aliphatic heterocycles. The van der Waals surface area contributed by atoms with Crippen molar-refractivity contribution in [2.75, 3.05) is 7.05 Å². The SMILES string of the molecule is CC1=CN(C)C=NC1c1cc(C)sc1C. The first kappa shape index (κ1) is 10.4. The topological polar surface area (TPSA) is 15.6 Å². The Bertz CT molecular complexity index is 429. The van der Waals surface area contributed by atoms with Gasteiger partial charge in [0.15, 0.2) is 0 Å². The van der Waals surface area contributed by atoms with Crippen LogP contribution >= 0.6 is 11.3 Å². The van der Waals surface area contributed by atoms with E-state index in [1.165, 1.54) is 20.9 Å². The number of hydrogen-bond acceptors (Lipinski definition) is 3. The van der Waals surface area contributed by atoms with Crippen LogP contribution in [0.15, 0.2) is 22.8 Å². The van der Waals surface area contributed by atoms with Gasteiger partial charge in [-0.2, -0.15) is 0 Å². The molecule has 1 aliphatic rings. The first-order valence-electron chi connectivity index (χ1n) is 5.08. The van der Waals surface area contributed by atoms with Gasteiger partial charge in [0.05, 0.1) is 6.34 Å². The average Bonchev–Trinajstić information content (AvgIpc) is 2.45. The van der Waals surface area contributed by atoms with Crippen LogP contribution in [0.5, 0.6) is 0 Å². The van der Waals surface area contributed by atoms with Crippen molar-refractivity contribution in [3.8, 4) is 0 Å². The summed E-state index contributed by atoms with van der Waals surface area (Å²) in [6.07, 6.45) is 4.04. The standard InChI is InChI=1S/C12H16N2S/c1-8-6-14(4)7-13-12(8)11-5-9(2)15-10(11)3/h5-7,12H,1-4H3. The molecule has 15 heavy (non-hydrogen) atoms. The molecule has 1 atom stereocenters. The summed E-state index contributed by atoms with van der Waals surface area (Å²) in [7, 11) is 2.01. The summed E-state index contributed by atoms with van der Waals surface area (Å²) >= 11 is 1.85. The molecular weight excluding hydrogens is 204 g/mol. The molecule has 1 aromatic heterocycles. The van der Waals surface area contributed by atoms with E-state index in [2.05, 4.69) is 38.0 Å². The molecule has 80 valence electrons. The van der Waals surface area contributed by atoms with E-state index < -0.39 is 0 Å². The summed E-state index contributed by atoms with van der Waals surface area (Å²) in [6.45, 7) is 6.47. The molecule has 2 nitrogen and oxygen atoms in total. The van der Waals surface area contributed by atoms with Gasteiger partial charge in [0.2, 0.25) is 0 Å². The Hall–Kier alpha value is -1.09. The summed E-state index contributed by atoms with van der Waals surface area (Å²) in [5, 5.41) is 0. The summed E-state index contributed by atoms with van der Waals surface area (Å²) in [6, 6.07) is 2.48. The van der Waals surface area contributed by atoms with Gasteiger partial charge in [0, 0.05) is 23.0 Å². The van der Waals surface area contributed by atoms with E-state index in [1.54, 1.807) is 0 Å². The van der Waals surface area contributed by atoms with E-state index in [4.69, 9.17) is 0 Å². The molecule has 0 bridgehead atoms. The molecule has 3 heteroatoms. The van der Waals surface area contributed by atoms with E-state index in [0.717, 1.165) is 0 Å². The molecule has 0 N–H and O–H groups in total. The lowest BCUT2D eigenvalue weighted by molar-refractivity contribution is 0.644. The zero-order valence-electron chi connectivity index (χ0n) is 9.61. The first-order chi connectivity index (χ1) is 7.08. The second-order valence-electron chi connectivity index (χ2n) is 4.07. The fraction of sp³-hybridized carbons (Fsp3) is 0.417. The lowest BCUT2D eigenvalue weighted by Crippen LogP contribution is -2.16. The van der Waals surface area contributed by atoms with Gasteiger partial charge in [-0.25, -0.2) is 0 Å². The highest BCUT2D eigenvalue weighted by molar-refractivity contribution is 7.12. The largest absolute Gasteiger partial charge is 0.342 e.